The molecule has 1 aliphatic heterocycles. The third-order valence-corrected chi connectivity index (χ3v) is 6.85. The molecule has 1 atom stereocenters. The van der Waals surface area contributed by atoms with Gasteiger partial charge in [0, 0.05) is 37.0 Å². The molecule has 0 bridgehead atoms. The highest BCUT2D eigenvalue weighted by Crippen LogP contribution is 2.46. The lowest BCUT2D eigenvalue weighted by atomic mass is 9.92. The lowest BCUT2D eigenvalue weighted by Gasteiger charge is -2.19. The molecule has 2 aliphatic rings. The Morgan fingerprint density at radius 3 is 2.14 bits per heavy atom. The van der Waals surface area contributed by atoms with Gasteiger partial charge in [0.1, 0.15) is 0 Å². The van der Waals surface area contributed by atoms with Gasteiger partial charge >= 0.3 is 12.4 Å². The number of carbonyl (C=O) groups excluding carboxylic acids is 1. The van der Waals surface area contributed by atoms with E-state index in [9.17, 15) is 31.1 Å². The van der Waals surface area contributed by atoms with Gasteiger partial charge in [-0.15, -0.1) is 0 Å². The summed E-state index contributed by atoms with van der Waals surface area (Å²) < 4.78 is 80.4. The number of nitrogens with zero attached hydrogens (tertiary/aromatic N) is 2. The molecule has 1 saturated carbocycles. The lowest BCUT2D eigenvalue weighted by Crippen LogP contribution is -2.28. The summed E-state index contributed by atoms with van der Waals surface area (Å²) >= 11 is 0. The van der Waals surface area contributed by atoms with E-state index in [-0.39, 0.29) is 29.4 Å². The Kier molecular flexibility index (Phi) is 6.04. The number of likely N-dealkylation sites (tertiary alicyclic amines) is 1. The van der Waals surface area contributed by atoms with Crippen LogP contribution in [0.5, 0.6) is 0 Å². The minimum Gasteiger partial charge on any atom is -0.338 e. The zero-order valence-electron chi connectivity index (χ0n) is 19.0. The number of carbonyl (C=O) groups is 1. The minimum absolute atomic E-state index is 0.00153. The first-order valence-corrected chi connectivity index (χ1v) is 11.6. The second-order valence-electron chi connectivity index (χ2n) is 9.39. The molecular formula is C27H22F6N2O. The number of benzene rings is 2. The van der Waals surface area contributed by atoms with Crippen molar-refractivity contribution >= 4 is 5.91 Å². The Bertz CT molecular complexity index is 1250. The van der Waals surface area contributed by atoms with E-state index < -0.39 is 23.5 Å². The van der Waals surface area contributed by atoms with Crippen molar-refractivity contribution in [2.75, 3.05) is 13.1 Å². The number of halogens is 6. The van der Waals surface area contributed by atoms with Crippen molar-refractivity contribution < 1.29 is 31.1 Å². The first-order valence-electron chi connectivity index (χ1n) is 11.6. The molecule has 188 valence electrons. The van der Waals surface area contributed by atoms with Gasteiger partial charge < -0.3 is 4.90 Å². The number of amides is 1. The molecule has 0 N–H and O–H groups in total. The van der Waals surface area contributed by atoms with E-state index in [2.05, 4.69) is 4.98 Å². The van der Waals surface area contributed by atoms with E-state index in [1.165, 1.54) is 12.1 Å². The van der Waals surface area contributed by atoms with Gasteiger partial charge in [-0.3, -0.25) is 9.78 Å². The highest BCUT2D eigenvalue weighted by Gasteiger charge is 2.38. The maximum atomic E-state index is 13.4. The van der Waals surface area contributed by atoms with Crippen molar-refractivity contribution in [3.8, 4) is 11.1 Å². The third kappa shape index (κ3) is 4.96. The Morgan fingerprint density at radius 2 is 1.56 bits per heavy atom. The third-order valence-electron chi connectivity index (χ3n) is 6.85. The molecule has 2 aromatic carbocycles. The highest BCUT2D eigenvalue weighted by atomic mass is 19.4. The molecule has 1 aliphatic carbocycles. The van der Waals surface area contributed by atoms with Crippen LogP contribution in [-0.2, 0) is 12.4 Å². The van der Waals surface area contributed by atoms with E-state index in [0.717, 1.165) is 37.0 Å². The van der Waals surface area contributed by atoms with Crippen LogP contribution in [0.1, 0.15) is 63.7 Å². The van der Waals surface area contributed by atoms with Crippen LogP contribution in [0.4, 0.5) is 26.3 Å². The molecule has 0 spiro atoms. The van der Waals surface area contributed by atoms with Gasteiger partial charge in [0.2, 0.25) is 0 Å². The van der Waals surface area contributed by atoms with Crippen LogP contribution >= 0.6 is 0 Å². The fourth-order valence-corrected chi connectivity index (χ4v) is 4.82. The molecule has 1 aromatic heterocycles. The molecule has 0 radical (unpaired) electrons. The number of aromatic nitrogens is 1. The summed E-state index contributed by atoms with van der Waals surface area (Å²) in [5.41, 5.74) is -0.532. The van der Waals surface area contributed by atoms with E-state index in [0.29, 0.717) is 29.8 Å². The van der Waals surface area contributed by atoms with Gasteiger partial charge in [-0.2, -0.15) is 26.3 Å². The summed E-state index contributed by atoms with van der Waals surface area (Å²) in [5, 5.41) is 0. The average molecular weight is 504 g/mol. The number of hydrogen-bond donors (Lipinski definition) is 0. The quantitative estimate of drug-likeness (QED) is 0.350. The Balaban J connectivity index is 1.48. The molecule has 1 saturated heterocycles. The highest BCUT2D eigenvalue weighted by molar-refractivity contribution is 5.95. The molecule has 9 heteroatoms. The van der Waals surface area contributed by atoms with E-state index >= 15 is 0 Å². The molecule has 36 heavy (non-hydrogen) atoms. The van der Waals surface area contributed by atoms with Gasteiger partial charge in [0.25, 0.3) is 5.91 Å². The van der Waals surface area contributed by atoms with E-state index in [1.54, 1.807) is 23.4 Å². The van der Waals surface area contributed by atoms with Crippen LogP contribution in [0.2, 0.25) is 0 Å². The van der Waals surface area contributed by atoms with Crippen molar-refractivity contribution in [2.45, 2.75) is 43.5 Å². The molecule has 2 heterocycles. The fraction of sp³-hybridized carbons (Fsp3) is 0.333. The monoisotopic (exact) mass is 504 g/mol. The fourth-order valence-electron chi connectivity index (χ4n) is 4.82. The summed E-state index contributed by atoms with van der Waals surface area (Å²) in [7, 11) is 0. The smallest absolute Gasteiger partial charge is 0.338 e. The molecular weight excluding hydrogens is 482 g/mol. The predicted molar refractivity (Wildman–Crippen MR) is 121 cm³/mol. The second kappa shape index (κ2) is 8.94. The Hall–Kier alpha value is -3.36. The van der Waals surface area contributed by atoms with Gasteiger partial charge in [-0.1, -0.05) is 12.1 Å². The maximum absolute atomic E-state index is 13.4. The van der Waals surface area contributed by atoms with E-state index in [1.807, 2.05) is 12.1 Å². The molecule has 3 nitrogen and oxygen atoms in total. The average Bonchev–Trinajstić information content (AvgIpc) is 3.58. The summed E-state index contributed by atoms with van der Waals surface area (Å²) in [6, 6.07) is 10.0. The summed E-state index contributed by atoms with van der Waals surface area (Å²) in [4.78, 5) is 19.1. The Morgan fingerprint density at radius 1 is 0.861 bits per heavy atom. The Labute approximate surface area is 203 Å². The predicted octanol–water partition coefficient (Wildman–Crippen LogP) is 7.29. The van der Waals surface area contributed by atoms with E-state index in [4.69, 9.17) is 0 Å². The van der Waals surface area contributed by atoms with Crippen LogP contribution in [-0.4, -0.2) is 28.9 Å². The van der Waals surface area contributed by atoms with Gasteiger partial charge in [-0.05, 0) is 83.8 Å². The van der Waals surface area contributed by atoms with Gasteiger partial charge in [-0.25, -0.2) is 0 Å². The number of rotatable bonds is 4. The number of alkyl halides is 6. The molecule has 5 rings (SSSR count). The van der Waals surface area contributed by atoms with Gasteiger partial charge in [0.05, 0.1) is 11.1 Å². The van der Waals surface area contributed by atoms with Crippen LogP contribution < -0.4 is 0 Å². The molecule has 1 unspecified atom stereocenters. The standard InChI is InChI=1S/C27H22F6N2O/c28-26(29,30)21-10-20(11-22(13-21)27(31,32)33)23-6-5-17(12-24(23)16-3-4-16)25(36)35-9-7-19(15-35)18-2-1-8-34-14-18/h1-2,5-6,8,10-14,16,19H,3-4,7,9,15H2. The first-order chi connectivity index (χ1) is 17.0. The van der Waals surface area contributed by atoms with Crippen molar-refractivity contribution in [1.29, 1.82) is 0 Å². The van der Waals surface area contributed by atoms with Gasteiger partial charge in [0.15, 0.2) is 0 Å². The zero-order valence-corrected chi connectivity index (χ0v) is 19.0. The van der Waals surface area contributed by atoms with Crippen LogP contribution in [0.15, 0.2) is 60.9 Å². The molecule has 3 aromatic rings. The van der Waals surface area contributed by atoms with Crippen molar-refractivity contribution in [3.05, 3.63) is 88.7 Å². The summed E-state index contributed by atoms with van der Waals surface area (Å²) in [6.45, 7) is 1.08. The number of hydrogen-bond acceptors (Lipinski definition) is 2. The second-order valence-corrected chi connectivity index (χ2v) is 9.39. The van der Waals surface area contributed by atoms with Crippen molar-refractivity contribution in [1.82, 2.24) is 9.88 Å². The summed E-state index contributed by atoms with van der Waals surface area (Å²) in [5.74, 6) is -0.0380. The SMILES string of the molecule is O=C(c1ccc(-c2cc(C(F)(F)F)cc(C(F)(F)F)c2)c(C2CC2)c1)N1CCC(c2cccnc2)C1. The summed E-state index contributed by atoms with van der Waals surface area (Å²) in [6.07, 6.45) is -4.06. The van der Waals surface area contributed by atoms with Crippen LogP contribution in [0, 0.1) is 0 Å². The first kappa shape index (κ1) is 24.3. The topological polar surface area (TPSA) is 33.2 Å². The molecule has 1 amide bonds. The maximum Gasteiger partial charge on any atom is 0.416 e. The van der Waals surface area contributed by atoms with Crippen molar-refractivity contribution in [2.24, 2.45) is 0 Å². The number of pyridine rings is 1. The van der Waals surface area contributed by atoms with Crippen molar-refractivity contribution in [3.63, 3.8) is 0 Å². The largest absolute Gasteiger partial charge is 0.416 e. The van der Waals surface area contributed by atoms with Crippen LogP contribution in [0.25, 0.3) is 11.1 Å². The lowest BCUT2D eigenvalue weighted by molar-refractivity contribution is -0.143. The van der Waals surface area contributed by atoms with Crippen LogP contribution in [0.3, 0.4) is 0 Å². The zero-order chi connectivity index (χ0) is 25.7. The minimum atomic E-state index is -4.92. The molecule has 2 fully saturated rings. The normalized spacial score (nSPS) is 18.5.